The molecule has 2 aromatic heterocycles. The molecule has 0 saturated carbocycles. The lowest BCUT2D eigenvalue weighted by Gasteiger charge is -2.50. The van der Waals surface area contributed by atoms with Gasteiger partial charge in [-0.25, -0.2) is 9.67 Å². The zero-order valence-electron chi connectivity index (χ0n) is 19.2. The van der Waals surface area contributed by atoms with Crippen LogP contribution in [0, 0.1) is 0 Å². The van der Waals surface area contributed by atoms with Gasteiger partial charge in [0.2, 0.25) is 0 Å². The third-order valence-corrected chi connectivity index (χ3v) is 7.02. The molecule has 9 nitrogen and oxygen atoms in total. The normalized spacial score (nSPS) is 22.2. The molecule has 2 aromatic carbocycles. The minimum absolute atomic E-state index is 0.0627. The number of morpholine rings is 1. The van der Waals surface area contributed by atoms with E-state index in [1.54, 1.807) is 0 Å². The topological polar surface area (TPSA) is 86.6 Å². The molecule has 2 atom stereocenters. The summed E-state index contributed by atoms with van der Waals surface area (Å²) in [5.41, 5.74) is 5.29. The van der Waals surface area contributed by atoms with Crippen molar-refractivity contribution in [2.45, 2.75) is 18.8 Å². The number of para-hydroxylation sites is 1. The van der Waals surface area contributed by atoms with Crippen molar-refractivity contribution >= 4 is 16.7 Å². The minimum Gasteiger partial charge on any atom is -0.378 e. The second-order valence-electron chi connectivity index (χ2n) is 9.15. The fourth-order valence-electron chi connectivity index (χ4n) is 5.32. The van der Waals surface area contributed by atoms with Gasteiger partial charge in [-0.05, 0) is 24.3 Å². The molecular weight excluding hydrogens is 440 g/mol. The summed E-state index contributed by atoms with van der Waals surface area (Å²) in [5.74, 6) is 0.895. The van der Waals surface area contributed by atoms with Gasteiger partial charge in [0.15, 0.2) is 0 Å². The summed E-state index contributed by atoms with van der Waals surface area (Å²) in [4.78, 5) is 13.4. The van der Waals surface area contributed by atoms with Crippen molar-refractivity contribution in [3.05, 3.63) is 90.1 Å². The lowest BCUT2D eigenvalue weighted by molar-refractivity contribution is -0.0556. The van der Waals surface area contributed by atoms with E-state index < -0.39 is 0 Å². The Morgan fingerprint density at radius 3 is 2.94 bits per heavy atom. The molecule has 9 heteroatoms. The van der Waals surface area contributed by atoms with E-state index in [0.717, 1.165) is 53.7 Å². The largest absolute Gasteiger partial charge is 0.378 e. The highest BCUT2D eigenvalue weighted by Gasteiger charge is 2.41. The first-order valence-electron chi connectivity index (χ1n) is 12.0. The smallest absolute Gasteiger partial charge is 0.147 e. The predicted octanol–water partition coefficient (Wildman–Crippen LogP) is 2.48. The zero-order chi connectivity index (χ0) is 23.2. The maximum Gasteiger partial charge on any atom is 0.147 e. The third-order valence-electron chi connectivity index (χ3n) is 7.02. The van der Waals surface area contributed by atoms with Crippen LogP contribution >= 0.6 is 0 Å². The number of aromatic amines is 1. The number of nitrogens with zero attached hydrogens (tertiary/aromatic N) is 6. The first-order valence-corrected chi connectivity index (χ1v) is 12.0. The van der Waals surface area contributed by atoms with Crippen LogP contribution in [0.3, 0.4) is 0 Å². The summed E-state index contributed by atoms with van der Waals surface area (Å²) in [6.07, 6.45) is 6.03. The van der Waals surface area contributed by atoms with Gasteiger partial charge in [-0.1, -0.05) is 35.5 Å². The summed E-state index contributed by atoms with van der Waals surface area (Å²) in [6, 6.07) is 18.7. The van der Waals surface area contributed by atoms with Gasteiger partial charge in [-0.3, -0.25) is 4.90 Å². The number of hydrogen-bond acceptors (Lipinski definition) is 7. The Labute approximate surface area is 202 Å². The highest BCUT2D eigenvalue weighted by molar-refractivity contribution is 6.10. The van der Waals surface area contributed by atoms with Crippen LogP contribution < -0.4 is 5.32 Å². The van der Waals surface area contributed by atoms with Gasteiger partial charge in [0.05, 0.1) is 43.4 Å². The number of benzene rings is 2. The number of aromatic nitrogens is 4. The molecule has 0 aliphatic carbocycles. The molecule has 3 aliphatic rings. The van der Waals surface area contributed by atoms with E-state index in [0.29, 0.717) is 13.2 Å². The van der Waals surface area contributed by atoms with Gasteiger partial charge in [0, 0.05) is 42.0 Å². The van der Waals surface area contributed by atoms with Gasteiger partial charge in [0.1, 0.15) is 17.7 Å². The molecule has 3 aliphatic heterocycles. The highest BCUT2D eigenvalue weighted by Crippen LogP contribution is 2.31. The molecule has 2 unspecified atom stereocenters. The van der Waals surface area contributed by atoms with Crippen LogP contribution in [0.2, 0.25) is 0 Å². The zero-order valence-corrected chi connectivity index (χ0v) is 19.2. The van der Waals surface area contributed by atoms with Crippen molar-refractivity contribution < 1.29 is 4.74 Å². The second-order valence-corrected chi connectivity index (χ2v) is 9.15. The molecule has 5 heterocycles. The average Bonchev–Trinajstić information content (AvgIpc) is 3.59. The van der Waals surface area contributed by atoms with Crippen LogP contribution in [0.4, 0.5) is 0 Å². The molecule has 0 spiro atoms. The molecule has 2 saturated heterocycles. The molecule has 4 aromatic rings. The molecule has 0 bridgehead atoms. The number of nitrogens with one attached hydrogen (secondary N) is 2. The maximum absolute atomic E-state index is 5.85. The number of ether oxygens (including phenoxy) is 1. The lowest BCUT2D eigenvalue weighted by atomic mass is 10.0. The third kappa shape index (κ3) is 3.60. The first kappa shape index (κ1) is 20.4. The molecule has 0 amide bonds. The maximum atomic E-state index is 5.85. The van der Waals surface area contributed by atoms with Crippen LogP contribution in [-0.4, -0.2) is 74.1 Å². The van der Waals surface area contributed by atoms with E-state index >= 15 is 0 Å². The lowest BCUT2D eigenvalue weighted by Crippen LogP contribution is -2.62. The SMILES string of the molecule is C1=C2C(N=C(c3cccc4[nH]ccc34)N1)N1CCOCC1CN2Cc1cn(-c2ccccc2)nn1. The molecule has 7 rings (SSSR count). The van der Waals surface area contributed by atoms with Gasteiger partial charge in [-0.15, -0.1) is 5.10 Å². The Morgan fingerprint density at radius 1 is 1.06 bits per heavy atom. The minimum atomic E-state index is -0.0627. The summed E-state index contributed by atoms with van der Waals surface area (Å²) < 4.78 is 7.68. The van der Waals surface area contributed by atoms with Crippen LogP contribution in [0.5, 0.6) is 0 Å². The predicted molar refractivity (Wildman–Crippen MR) is 133 cm³/mol. The van der Waals surface area contributed by atoms with E-state index in [4.69, 9.17) is 9.73 Å². The van der Waals surface area contributed by atoms with Crippen LogP contribution in [0.15, 0.2) is 83.9 Å². The van der Waals surface area contributed by atoms with Crippen LogP contribution in [-0.2, 0) is 11.3 Å². The van der Waals surface area contributed by atoms with Crippen molar-refractivity contribution in [3.8, 4) is 5.69 Å². The van der Waals surface area contributed by atoms with Crippen molar-refractivity contribution in [3.63, 3.8) is 0 Å². The number of rotatable bonds is 4. The van der Waals surface area contributed by atoms with Crippen LogP contribution in [0.1, 0.15) is 11.3 Å². The monoisotopic (exact) mass is 466 g/mol. The summed E-state index contributed by atoms with van der Waals surface area (Å²) >= 11 is 0. The molecule has 35 heavy (non-hydrogen) atoms. The summed E-state index contributed by atoms with van der Waals surface area (Å²) in [5, 5.41) is 13.5. The molecular formula is C26H26N8O. The Balaban J connectivity index is 1.20. The van der Waals surface area contributed by atoms with Gasteiger partial charge < -0.3 is 19.9 Å². The quantitative estimate of drug-likeness (QED) is 0.481. The second kappa shape index (κ2) is 8.37. The summed E-state index contributed by atoms with van der Waals surface area (Å²) in [7, 11) is 0. The van der Waals surface area contributed by atoms with Gasteiger partial charge in [-0.2, -0.15) is 0 Å². The number of aliphatic imine (C=N–C) groups is 1. The van der Waals surface area contributed by atoms with Crippen molar-refractivity contribution in [1.82, 2.24) is 35.1 Å². The number of H-pyrrole nitrogens is 1. The van der Waals surface area contributed by atoms with E-state index in [-0.39, 0.29) is 12.2 Å². The van der Waals surface area contributed by atoms with Gasteiger partial charge in [0.25, 0.3) is 0 Å². The Hall–Kier alpha value is -3.95. The standard InChI is InChI=1S/C26H26N8O/c1-2-5-19(6-3-1)34-15-18(30-31-34)14-32-16-20-17-35-12-11-33(20)26-24(32)13-28-25(29-26)22-7-4-8-23-21(22)9-10-27-23/h1-10,13,15,20,26-27H,11-12,14,16-17H2,(H,28,29). The van der Waals surface area contributed by atoms with Crippen molar-refractivity contribution in [1.29, 1.82) is 0 Å². The molecule has 0 radical (unpaired) electrons. The van der Waals surface area contributed by atoms with Crippen molar-refractivity contribution in [2.75, 3.05) is 26.3 Å². The number of amidine groups is 1. The number of hydrogen-bond donors (Lipinski definition) is 2. The van der Waals surface area contributed by atoms with E-state index in [1.807, 2.05) is 47.4 Å². The fraction of sp³-hybridized carbons (Fsp3) is 0.269. The fourth-order valence-corrected chi connectivity index (χ4v) is 5.32. The number of fused-ring (bicyclic) bond motifs is 4. The van der Waals surface area contributed by atoms with E-state index in [2.05, 4.69) is 60.9 Å². The van der Waals surface area contributed by atoms with E-state index in [1.165, 1.54) is 5.39 Å². The average molecular weight is 467 g/mol. The highest BCUT2D eigenvalue weighted by atomic mass is 16.5. The van der Waals surface area contributed by atoms with E-state index in [9.17, 15) is 0 Å². The molecule has 2 fully saturated rings. The Bertz CT molecular complexity index is 1420. The number of piperazine rings is 1. The van der Waals surface area contributed by atoms with Crippen molar-refractivity contribution in [2.24, 2.45) is 4.99 Å². The molecule has 176 valence electrons. The first-order chi connectivity index (χ1) is 17.3. The van der Waals surface area contributed by atoms with Crippen LogP contribution in [0.25, 0.3) is 16.6 Å². The Kier molecular flexibility index (Phi) is 4.88. The Morgan fingerprint density at radius 2 is 2.00 bits per heavy atom. The molecule has 2 N–H and O–H groups in total. The summed E-state index contributed by atoms with van der Waals surface area (Å²) in [6.45, 7) is 3.84. The van der Waals surface area contributed by atoms with Gasteiger partial charge >= 0.3 is 0 Å².